The van der Waals surface area contributed by atoms with Crippen LogP contribution in [-0.2, 0) is 0 Å². The van der Waals surface area contributed by atoms with E-state index >= 15 is 0 Å². The van der Waals surface area contributed by atoms with Gasteiger partial charge in [0.2, 0.25) is 0 Å². The number of hydrogen-bond donors (Lipinski definition) is 3. The molecule has 0 saturated carbocycles. The van der Waals surface area contributed by atoms with Gasteiger partial charge >= 0.3 is 0 Å². The van der Waals surface area contributed by atoms with E-state index in [1.54, 1.807) is 6.07 Å². The van der Waals surface area contributed by atoms with E-state index in [1.165, 1.54) is 0 Å². The zero-order chi connectivity index (χ0) is 16.3. The molecule has 1 unspecified atom stereocenters. The van der Waals surface area contributed by atoms with Crippen molar-refractivity contribution in [2.24, 2.45) is 5.41 Å². The molecule has 0 aliphatic heterocycles. The smallest absolute Gasteiger partial charge is 0.267 e. The Labute approximate surface area is 130 Å². The lowest BCUT2D eigenvalue weighted by molar-refractivity contribution is 0.0585. The van der Waals surface area contributed by atoms with Gasteiger partial charge in [-0.1, -0.05) is 20.8 Å². The first-order valence-corrected chi connectivity index (χ1v) is 7.53. The summed E-state index contributed by atoms with van der Waals surface area (Å²) in [5.74, 6) is 0.546. The Kier molecular flexibility index (Phi) is 4.76. The molecule has 22 heavy (non-hydrogen) atoms. The monoisotopic (exact) mass is 304 g/mol. The summed E-state index contributed by atoms with van der Waals surface area (Å²) in [5, 5.41) is 13.7. The average Bonchev–Trinajstić information content (AvgIpc) is 2.86. The SMILES string of the molecule is CCOc1ccc2cc(C(=O)NCC(O)C(C)(C)C)[nH]c2c1. The summed E-state index contributed by atoms with van der Waals surface area (Å²) < 4.78 is 5.45. The number of fused-ring (bicyclic) bond motifs is 1. The van der Waals surface area contributed by atoms with Gasteiger partial charge in [0, 0.05) is 23.5 Å². The first kappa shape index (κ1) is 16.4. The van der Waals surface area contributed by atoms with Gasteiger partial charge in [-0.05, 0) is 30.5 Å². The fourth-order valence-corrected chi connectivity index (χ4v) is 2.08. The summed E-state index contributed by atoms with van der Waals surface area (Å²) in [4.78, 5) is 15.3. The fraction of sp³-hybridized carbons (Fsp3) is 0.471. The molecule has 0 saturated heterocycles. The Bertz CT molecular complexity index is 655. The highest BCUT2D eigenvalue weighted by Crippen LogP contribution is 2.22. The number of hydrogen-bond acceptors (Lipinski definition) is 3. The zero-order valence-corrected chi connectivity index (χ0v) is 13.6. The van der Waals surface area contributed by atoms with Crippen molar-refractivity contribution in [1.29, 1.82) is 0 Å². The molecule has 5 nitrogen and oxygen atoms in total. The molecule has 120 valence electrons. The third-order valence-electron chi connectivity index (χ3n) is 3.61. The standard InChI is InChI=1S/C17H24N2O3/c1-5-22-12-7-6-11-8-14(19-13(11)9-12)16(21)18-10-15(20)17(2,3)4/h6-9,15,19-20H,5,10H2,1-4H3,(H,18,21). The molecule has 2 rings (SSSR count). The number of H-pyrrole nitrogens is 1. The molecule has 1 aromatic carbocycles. The highest BCUT2D eigenvalue weighted by molar-refractivity contribution is 5.98. The molecule has 1 aromatic heterocycles. The Morgan fingerprint density at radius 2 is 2.09 bits per heavy atom. The Balaban J connectivity index is 2.08. The number of benzene rings is 1. The van der Waals surface area contributed by atoms with Crippen LogP contribution in [0.4, 0.5) is 0 Å². The lowest BCUT2D eigenvalue weighted by Crippen LogP contribution is -2.39. The fourth-order valence-electron chi connectivity index (χ4n) is 2.08. The van der Waals surface area contributed by atoms with E-state index in [0.717, 1.165) is 16.7 Å². The number of amides is 1. The summed E-state index contributed by atoms with van der Waals surface area (Å²) in [6.45, 7) is 8.55. The van der Waals surface area contributed by atoms with Crippen molar-refractivity contribution in [3.05, 3.63) is 30.0 Å². The van der Waals surface area contributed by atoms with Crippen LogP contribution in [0.3, 0.4) is 0 Å². The van der Waals surface area contributed by atoms with Gasteiger partial charge in [-0.3, -0.25) is 4.79 Å². The number of aromatic nitrogens is 1. The van der Waals surface area contributed by atoms with Gasteiger partial charge in [0.15, 0.2) is 0 Å². The molecule has 2 aromatic rings. The number of rotatable bonds is 5. The zero-order valence-electron chi connectivity index (χ0n) is 13.6. The van der Waals surface area contributed by atoms with Crippen molar-refractivity contribution < 1.29 is 14.6 Å². The maximum absolute atomic E-state index is 12.2. The summed E-state index contributed by atoms with van der Waals surface area (Å²) in [6.07, 6.45) is -0.592. The molecule has 0 fully saturated rings. The normalized spacial score (nSPS) is 13.1. The van der Waals surface area contributed by atoms with Crippen LogP contribution >= 0.6 is 0 Å². The number of aromatic amines is 1. The van der Waals surface area contributed by atoms with Gasteiger partial charge in [-0.25, -0.2) is 0 Å². The maximum atomic E-state index is 12.2. The van der Waals surface area contributed by atoms with E-state index in [2.05, 4.69) is 10.3 Å². The van der Waals surface area contributed by atoms with Crippen LogP contribution in [0.1, 0.15) is 38.2 Å². The van der Waals surface area contributed by atoms with Gasteiger partial charge in [-0.2, -0.15) is 0 Å². The van der Waals surface area contributed by atoms with Crippen LogP contribution in [0.2, 0.25) is 0 Å². The molecule has 0 radical (unpaired) electrons. The molecule has 1 amide bonds. The number of aliphatic hydroxyl groups excluding tert-OH is 1. The second-order valence-corrected chi connectivity index (χ2v) is 6.46. The summed E-state index contributed by atoms with van der Waals surface area (Å²) >= 11 is 0. The third-order valence-corrected chi connectivity index (χ3v) is 3.61. The van der Waals surface area contributed by atoms with Gasteiger partial charge < -0.3 is 20.1 Å². The summed E-state index contributed by atoms with van der Waals surface area (Å²) in [6, 6.07) is 7.46. The van der Waals surface area contributed by atoms with Crippen molar-refractivity contribution >= 4 is 16.8 Å². The minimum atomic E-state index is -0.592. The van der Waals surface area contributed by atoms with Crippen molar-refractivity contribution in [3.63, 3.8) is 0 Å². The number of nitrogens with one attached hydrogen (secondary N) is 2. The van der Waals surface area contributed by atoms with Crippen LogP contribution in [0.25, 0.3) is 10.9 Å². The number of ether oxygens (including phenoxy) is 1. The largest absolute Gasteiger partial charge is 0.494 e. The molecule has 0 aliphatic carbocycles. The quantitative estimate of drug-likeness (QED) is 0.795. The minimum Gasteiger partial charge on any atom is -0.494 e. The van der Waals surface area contributed by atoms with Gasteiger partial charge in [0.25, 0.3) is 5.91 Å². The van der Waals surface area contributed by atoms with E-state index in [9.17, 15) is 9.90 Å². The number of aliphatic hydroxyl groups is 1. The predicted octanol–water partition coefficient (Wildman–Crippen LogP) is 2.70. The predicted molar refractivity (Wildman–Crippen MR) is 87.3 cm³/mol. The molecule has 3 N–H and O–H groups in total. The van der Waals surface area contributed by atoms with E-state index < -0.39 is 6.10 Å². The second-order valence-electron chi connectivity index (χ2n) is 6.46. The lowest BCUT2D eigenvalue weighted by atomic mass is 9.89. The van der Waals surface area contributed by atoms with Crippen LogP contribution in [-0.4, -0.2) is 35.3 Å². The van der Waals surface area contributed by atoms with Crippen LogP contribution in [0, 0.1) is 5.41 Å². The molecule has 1 heterocycles. The van der Waals surface area contributed by atoms with E-state index in [1.807, 2.05) is 45.9 Å². The van der Waals surface area contributed by atoms with Crippen molar-refractivity contribution in [3.8, 4) is 5.75 Å². The average molecular weight is 304 g/mol. The number of carbonyl (C=O) groups is 1. The first-order valence-electron chi connectivity index (χ1n) is 7.53. The van der Waals surface area contributed by atoms with Gasteiger partial charge in [0.05, 0.1) is 12.7 Å². The van der Waals surface area contributed by atoms with Crippen LogP contribution in [0.5, 0.6) is 5.75 Å². The highest BCUT2D eigenvalue weighted by atomic mass is 16.5. The highest BCUT2D eigenvalue weighted by Gasteiger charge is 2.22. The molecule has 0 aliphatic rings. The third kappa shape index (κ3) is 3.80. The Hall–Kier alpha value is -2.01. The molecule has 5 heteroatoms. The van der Waals surface area contributed by atoms with Crippen LogP contribution < -0.4 is 10.1 Å². The Morgan fingerprint density at radius 3 is 2.73 bits per heavy atom. The van der Waals surface area contributed by atoms with Crippen LogP contribution in [0.15, 0.2) is 24.3 Å². The Morgan fingerprint density at radius 1 is 1.36 bits per heavy atom. The molecular weight excluding hydrogens is 280 g/mol. The van der Waals surface area contributed by atoms with E-state index in [-0.39, 0.29) is 17.9 Å². The second kappa shape index (κ2) is 6.40. The number of carbonyl (C=O) groups excluding carboxylic acids is 1. The summed E-state index contributed by atoms with van der Waals surface area (Å²) in [5.41, 5.74) is 1.07. The molecule has 0 bridgehead atoms. The molecule has 0 spiro atoms. The minimum absolute atomic E-state index is 0.224. The van der Waals surface area contributed by atoms with E-state index in [0.29, 0.717) is 12.3 Å². The summed E-state index contributed by atoms with van der Waals surface area (Å²) in [7, 11) is 0. The maximum Gasteiger partial charge on any atom is 0.267 e. The topological polar surface area (TPSA) is 74.3 Å². The van der Waals surface area contributed by atoms with Gasteiger partial charge in [0.1, 0.15) is 11.4 Å². The van der Waals surface area contributed by atoms with Crippen molar-refractivity contribution in [1.82, 2.24) is 10.3 Å². The molecule has 1 atom stereocenters. The van der Waals surface area contributed by atoms with E-state index in [4.69, 9.17) is 4.74 Å². The lowest BCUT2D eigenvalue weighted by Gasteiger charge is -2.25. The van der Waals surface area contributed by atoms with Crippen molar-refractivity contribution in [2.45, 2.75) is 33.8 Å². The first-order chi connectivity index (χ1) is 10.3. The molecular formula is C17H24N2O3. The van der Waals surface area contributed by atoms with Crippen molar-refractivity contribution in [2.75, 3.05) is 13.2 Å². The van der Waals surface area contributed by atoms with Gasteiger partial charge in [-0.15, -0.1) is 0 Å².